The van der Waals surface area contributed by atoms with Crippen molar-refractivity contribution >= 4 is 45.0 Å². The summed E-state index contributed by atoms with van der Waals surface area (Å²) in [6.07, 6.45) is 1.33. The SMILES string of the molecule is Cc1ccc(S(=O)(=O)Nc2ccc(SCc3c(F)cccc3Cl)nc2)cc1C(=O)O. The van der Waals surface area contributed by atoms with Gasteiger partial charge in [-0.3, -0.25) is 4.72 Å². The van der Waals surface area contributed by atoms with Crippen LogP contribution in [-0.4, -0.2) is 24.5 Å². The van der Waals surface area contributed by atoms with Crippen LogP contribution in [0.25, 0.3) is 0 Å². The Hall–Kier alpha value is -2.62. The normalized spacial score (nSPS) is 11.3. The molecule has 0 atom stereocenters. The van der Waals surface area contributed by atoms with E-state index in [9.17, 15) is 22.7 Å². The molecule has 10 heteroatoms. The number of nitrogens with zero attached hydrogens (tertiary/aromatic N) is 1. The Kier molecular flexibility index (Phi) is 6.64. The van der Waals surface area contributed by atoms with Crippen molar-refractivity contribution in [3.8, 4) is 0 Å². The van der Waals surface area contributed by atoms with Crippen molar-refractivity contribution in [3.05, 3.63) is 82.3 Å². The third-order valence-electron chi connectivity index (χ3n) is 4.16. The van der Waals surface area contributed by atoms with Crippen LogP contribution in [0.3, 0.4) is 0 Å². The predicted octanol–water partition coefficient (Wildman–Crippen LogP) is 4.97. The lowest BCUT2D eigenvalue weighted by molar-refractivity contribution is 0.0696. The summed E-state index contributed by atoms with van der Waals surface area (Å²) in [5, 5.41) is 10.1. The van der Waals surface area contributed by atoms with Gasteiger partial charge in [0, 0.05) is 16.3 Å². The lowest BCUT2D eigenvalue weighted by Gasteiger charge is -2.10. The number of hydrogen-bond acceptors (Lipinski definition) is 5. The van der Waals surface area contributed by atoms with Crippen LogP contribution < -0.4 is 4.72 Å². The lowest BCUT2D eigenvalue weighted by Crippen LogP contribution is -2.14. The number of thioether (sulfide) groups is 1. The van der Waals surface area contributed by atoms with E-state index in [1.807, 2.05) is 0 Å². The molecule has 0 amide bonds. The van der Waals surface area contributed by atoms with Crippen LogP contribution in [0.5, 0.6) is 0 Å². The fourth-order valence-corrected chi connectivity index (χ4v) is 4.81. The monoisotopic (exact) mass is 466 g/mol. The summed E-state index contributed by atoms with van der Waals surface area (Å²) in [5.74, 6) is -1.34. The number of pyridine rings is 1. The third kappa shape index (κ3) is 5.10. The third-order valence-corrected chi connectivity index (χ3v) is 6.87. The van der Waals surface area contributed by atoms with Gasteiger partial charge in [-0.1, -0.05) is 23.7 Å². The highest BCUT2D eigenvalue weighted by atomic mass is 35.5. The highest BCUT2D eigenvalue weighted by Crippen LogP contribution is 2.28. The molecule has 0 aliphatic rings. The molecule has 0 bridgehead atoms. The summed E-state index contributed by atoms with van der Waals surface area (Å²) in [6, 6.07) is 11.4. The Bertz CT molecular complexity index is 1180. The van der Waals surface area contributed by atoms with Crippen molar-refractivity contribution in [2.75, 3.05) is 4.72 Å². The van der Waals surface area contributed by atoms with Gasteiger partial charge in [0.05, 0.1) is 27.4 Å². The molecule has 3 aromatic rings. The molecule has 30 heavy (non-hydrogen) atoms. The lowest BCUT2D eigenvalue weighted by atomic mass is 10.1. The largest absolute Gasteiger partial charge is 0.478 e. The topological polar surface area (TPSA) is 96.4 Å². The number of aryl methyl sites for hydroxylation is 1. The number of aromatic nitrogens is 1. The maximum Gasteiger partial charge on any atom is 0.335 e. The summed E-state index contributed by atoms with van der Waals surface area (Å²) in [4.78, 5) is 15.2. The molecule has 0 aliphatic carbocycles. The van der Waals surface area contributed by atoms with E-state index in [0.29, 0.717) is 21.2 Å². The number of carboxylic acid groups (broad SMARTS) is 1. The molecule has 3 rings (SSSR count). The molecule has 0 radical (unpaired) electrons. The van der Waals surface area contributed by atoms with Crippen LogP contribution in [0.15, 0.2) is 64.6 Å². The van der Waals surface area contributed by atoms with Crippen molar-refractivity contribution in [1.29, 1.82) is 0 Å². The van der Waals surface area contributed by atoms with E-state index < -0.39 is 21.8 Å². The van der Waals surface area contributed by atoms with E-state index in [-0.39, 0.29) is 21.9 Å². The Balaban J connectivity index is 1.72. The molecule has 6 nitrogen and oxygen atoms in total. The number of anilines is 1. The first-order valence-corrected chi connectivity index (χ1v) is 11.4. The van der Waals surface area contributed by atoms with E-state index in [2.05, 4.69) is 9.71 Å². The number of nitrogens with one attached hydrogen (secondary N) is 1. The molecule has 0 saturated carbocycles. The Morgan fingerprint density at radius 1 is 1.23 bits per heavy atom. The van der Waals surface area contributed by atoms with Crippen LogP contribution in [0.1, 0.15) is 21.5 Å². The summed E-state index contributed by atoms with van der Waals surface area (Å²) in [6.45, 7) is 1.59. The van der Waals surface area contributed by atoms with Gasteiger partial charge in [0.25, 0.3) is 10.0 Å². The molecule has 1 aromatic heterocycles. The summed E-state index contributed by atoms with van der Waals surface area (Å²) >= 11 is 7.26. The van der Waals surface area contributed by atoms with Gasteiger partial charge >= 0.3 is 5.97 Å². The maximum atomic E-state index is 13.8. The van der Waals surface area contributed by atoms with Gasteiger partial charge in [-0.2, -0.15) is 0 Å². The zero-order chi connectivity index (χ0) is 21.9. The Morgan fingerprint density at radius 3 is 2.63 bits per heavy atom. The summed E-state index contributed by atoms with van der Waals surface area (Å²) < 4.78 is 41.3. The highest BCUT2D eigenvalue weighted by Gasteiger charge is 2.18. The zero-order valence-corrected chi connectivity index (χ0v) is 18.0. The molecule has 0 aliphatic heterocycles. The van der Waals surface area contributed by atoms with Gasteiger partial charge in [-0.05, 0) is 48.9 Å². The number of rotatable bonds is 7. The van der Waals surface area contributed by atoms with Crippen molar-refractivity contribution in [2.45, 2.75) is 22.6 Å². The number of benzene rings is 2. The zero-order valence-electron chi connectivity index (χ0n) is 15.6. The molecule has 0 spiro atoms. The molecule has 2 N–H and O–H groups in total. The minimum atomic E-state index is -3.99. The number of halogens is 2. The second kappa shape index (κ2) is 9.03. The summed E-state index contributed by atoms with van der Waals surface area (Å²) in [7, 11) is -3.99. The van der Waals surface area contributed by atoms with Crippen LogP contribution >= 0.6 is 23.4 Å². The first-order valence-electron chi connectivity index (χ1n) is 8.56. The fraction of sp³-hybridized carbons (Fsp3) is 0.100. The van der Waals surface area contributed by atoms with Crippen molar-refractivity contribution in [1.82, 2.24) is 4.98 Å². The van der Waals surface area contributed by atoms with Crippen LogP contribution in [0.2, 0.25) is 5.02 Å². The van der Waals surface area contributed by atoms with Gasteiger partial charge < -0.3 is 5.11 Å². The number of sulfonamides is 1. The van der Waals surface area contributed by atoms with Gasteiger partial charge in [0.15, 0.2) is 0 Å². The molecular weight excluding hydrogens is 451 g/mol. The van der Waals surface area contributed by atoms with Gasteiger partial charge in [0.1, 0.15) is 5.82 Å². The van der Waals surface area contributed by atoms with Crippen LogP contribution in [-0.2, 0) is 15.8 Å². The first kappa shape index (κ1) is 22.1. The predicted molar refractivity (Wildman–Crippen MR) is 114 cm³/mol. The number of aromatic carboxylic acids is 1. The number of carbonyl (C=O) groups is 1. The van der Waals surface area contributed by atoms with Crippen molar-refractivity contribution in [2.24, 2.45) is 0 Å². The van der Waals surface area contributed by atoms with Gasteiger partial charge in [0.2, 0.25) is 0 Å². The molecule has 2 aromatic carbocycles. The molecule has 0 fully saturated rings. The van der Waals surface area contributed by atoms with Gasteiger partial charge in [-0.15, -0.1) is 11.8 Å². The van der Waals surface area contributed by atoms with E-state index >= 15 is 0 Å². The minimum Gasteiger partial charge on any atom is -0.478 e. The molecular formula is C20H16ClFN2O4S2. The standard InChI is InChI=1S/C20H16ClFN2O4S2/c1-12-5-7-14(9-15(12)20(25)26)30(27,28)24-13-6-8-19(23-10-13)29-11-16-17(21)3-2-4-18(16)22/h2-10,24H,11H2,1H3,(H,25,26). The molecule has 0 unspecified atom stereocenters. The summed E-state index contributed by atoms with van der Waals surface area (Å²) in [5.41, 5.74) is 0.944. The van der Waals surface area contributed by atoms with E-state index in [0.717, 1.165) is 6.07 Å². The average molecular weight is 467 g/mol. The van der Waals surface area contributed by atoms with Crippen LogP contribution in [0.4, 0.5) is 10.1 Å². The highest BCUT2D eigenvalue weighted by molar-refractivity contribution is 7.98. The fourth-order valence-electron chi connectivity index (χ4n) is 2.56. The molecule has 0 saturated heterocycles. The van der Waals surface area contributed by atoms with E-state index in [1.54, 1.807) is 19.1 Å². The first-order chi connectivity index (χ1) is 14.2. The number of carboxylic acids is 1. The smallest absolute Gasteiger partial charge is 0.335 e. The quantitative estimate of drug-likeness (QED) is 0.477. The van der Waals surface area contributed by atoms with E-state index in [1.165, 1.54) is 48.3 Å². The second-order valence-corrected chi connectivity index (χ2v) is 9.35. The van der Waals surface area contributed by atoms with Gasteiger partial charge in [-0.25, -0.2) is 22.6 Å². The molecule has 1 heterocycles. The van der Waals surface area contributed by atoms with Crippen molar-refractivity contribution in [3.63, 3.8) is 0 Å². The van der Waals surface area contributed by atoms with E-state index in [4.69, 9.17) is 11.6 Å². The minimum absolute atomic E-state index is 0.0884. The Morgan fingerprint density at radius 2 is 2.00 bits per heavy atom. The number of hydrogen-bond donors (Lipinski definition) is 2. The van der Waals surface area contributed by atoms with Crippen molar-refractivity contribution < 1.29 is 22.7 Å². The maximum absolute atomic E-state index is 13.8. The second-order valence-electron chi connectivity index (χ2n) is 6.26. The average Bonchev–Trinajstić information content (AvgIpc) is 2.68. The Labute approximate surface area is 182 Å². The molecule has 156 valence electrons. The van der Waals surface area contributed by atoms with Crippen LogP contribution in [0, 0.1) is 12.7 Å².